The minimum atomic E-state index is -3.52. The minimum Gasteiger partial charge on any atom is -0.324 e. The number of aromatic nitrogens is 3. The van der Waals surface area contributed by atoms with Crippen LogP contribution >= 0.6 is 0 Å². The molecule has 1 unspecified atom stereocenters. The molecule has 0 aliphatic heterocycles. The van der Waals surface area contributed by atoms with Crippen molar-refractivity contribution >= 4 is 10.0 Å². The van der Waals surface area contributed by atoms with Crippen molar-refractivity contribution in [2.45, 2.75) is 24.3 Å². The van der Waals surface area contributed by atoms with Crippen LogP contribution in [0.5, 0.6) is 0 Å². The van der Waals surface area contributed by atoms with Gasteiger partial charge >= 0.3 is 0 Å². The summed E-state index contributed by atoms with van der Waals surface area (Å²) in [6, 6.07) is 6.45. The van der Waals surface area contributed by atoms with Crippen molar-refractivity contribution in [3.8, 4) is 0 Å². The highest BCUT2D eigenvalue weighted by Crippen LogP contribution is 2.14. The molecule has 1 aromatic carbocycles. The number of nitrogens with two attached hydrogens (primary N) is 1. The van der Waals surface area contributed by atoms with Crippen LogP contribution in [0.2, 0.25) is 0 Å². The number of hydrogen-bond acceptors (Lipinski definition) is 5. The predicted octanol–water partition coefficient (Wildman–Crippen LogP) is 0.356. The average molecular weight is 309 g/mol. The SMILES string of the molecule is CC(N)c1ccc(S(=O)(=O)NCCc2nncn2C)cc1. The Bertz CT molecular complexity index is 692. The average Bonchev–Trinajstić information content (AvgIpc) is 2.84. The van der Waals surface area contributed by atoms with Crippen LogP contribution in [-0.4, -0.2) is 29.7 Å². The van der Waals surface area contributed by atoms with Crippen molar-refractivity contribution in [3.05, 3.63) is 42.0 Å². The molecule has 1 heterocycles. The number of rotatable bonds is 6. The van der Waals surface area contributed by atoms with E-state index < -0.39 is 10.0 Å². The lowest BCUT2D eigenvalue weighted by Gasteiger charge is -2.09. The first-order valence-corrected chi connectivity index (χ1v) is 8.06. The zero-order valence-corrected chi connectivity index (χ0v) is 12.8. The van der Waals surface area contributed by atoms with Gasteiger partial charge in [0.05, 0.1) is 4.90 Å². The van der Waals surface area contributed by atoms with Crippen molar-refractivity contribution in [1.29, 1.82) is 0 Å². The second-order valence-electron chi connectivity index (χ2n) is 4.86. The van der Waals surface area contributed by atoms with Crippen molar-refractivity contribution < 1.29 is 8.42 Å². The molecular weight excluding hydrogens is 290 g/mol. The monoisotopic (exact) mass is 309 g/mol. The molecule has 8 heteroatoms. The Kier molecular flexibility index (Phi) is 4.71. The fraction of sp³-hybridized carbons (Fsp3) is 0.385. The third kappa shape index (κ3) is 3.87. The number of aryl methyl sites for hydroxylation is 1. The van der Waals surface area contributed by atoms with E-state index in [2.05, 4.69) is 14.9 Å². The van der Waals surface area contributed by atoms with Gasteiger partial charge in [0.1, 0.15) is 12.2 Å². The molecule has 1 aromatic heterocycles. The molecule has 2 aromatic rings. The molecule has 1 atom stereocenters. The molecule has 7 nitrogen and oxygen atoms in total. The lowest BCUT2D eigenvalue weighted by molar-refractivity contribution is 0.580. The Balaban J connectivity index is 1.99. The van der Waals surface area contributed by atoms with Crippen molar-refractivity contribution in [1.82, 2.24) is 19.5 Å². The number of hydrogen-bond donors (Lipinski definition) is 2. The molecule has 0 aliphatic rings. The molecule has 0 radical (unpaired) electrons. The summed E-state index contributed by atoms with van der Waals surface area (Å²) in [6.45, 7) is 2.12. The van der Waals surface area contributed by atoms with E-state index in [0.717, 1.165) is 11.4 Å². The second kappa shape index (κ2) is 6.33. The molecule has 0 amide bonds. The van der Waals surface area contributed by atoms with Gasteiger partial charge in [0.25, 0.3) is 0 Å². The Hall–Kier alpha value is -1.77. The summed E-state index contributed by atoms with van der Waals surface area (Å²) < 4.78 is 28.6. The smallest absolute Gasteiger partial charge is 0.240 e. The Morgan fingerprint density at radius 3 is 2.52 bits per heavy atom. The summed E-state index contributed by atoms with van der Waals surface area (Å²) >= 11 is 0. The third-order valence-corrected chi connectivity index (χ3v) is 4.64. The Morgan fingerprint density at radius 1 is 1.33 bits per heavy atom. The maximum absolute atomic E-state index is 12.1. The quantitative estimate of drug-likeness (QED) is 0.802. The normalized spacial score (nSPS) is 13.3. The fourth-order valence-electron chi connectivity index (χ4n) is 1.86. The molecule has 21 heavy (non-hydrogen) atoms. The van der Waals surface area contributed by atoms with Crippen LogP contribution in [0.3, 0.4) is 0 Å². The highest BCUT2D eigenvalue weighted by molar-refractivity contribution is 7.89. The summed E-state index contributed by atoms with van der Waals surface area (Å²) in [5.74, 6) is 0.727. The largest absolute Gasteiger partial charge is 0.324 e. The van der Waals surface area contributed by atoms with Gasteiger partial charge in [-0.3, -0.25) is 0 Å². The predicted molar refractivity (Wildman–Crippen MR) is 78.9 cm³/mol. The summed E-state index contributed by atoms with van der Waals surface area (Å²) in [6.07, 6.45) is 2.06. The Labute approximate surface area is 124 Å². The van der Waals surface area contributed by atoms with E-state index in [4.69, 9.17) is 5.73 Å². The van der Waals surface area contributed by atoms with Gasteiger partial charge in [0, 0.05) is 26.1 Å². The lowest BCUT2D eigenvalue weighted by atomic mass is 10.1. The van der Waals surface area contributed by atoms with Crippen LogP contribution in [0.1, 0.15) is 24.4 Å². The van der Waals surface area contributed by atoms with Crippen LogP contribution in [0.4, 0.5) is 0 Å². The number of sulfonamides is 1. The number of nitrogens with zero attached hydrogens (tertiary/aromatic N) is 3. The van der Waals surface area contributed by atoms with E-state index in [-0.39, 0.29) is 17.5 Å². The highest BCUT2D eigenvalue weighted by Gasteiger charge is 2.14. The Morgan fingerprint density at radius 2 is 2.00 bits per heavy atom. The summed E-state index contributed by atoms with van der Waals surface area (Å²) in [5, 5.41) is 7.65. The van der Waals surface area contributed by atoms with Crippen molar-refractivity contribution in [3.63, 3.8) is 0 Å². The van der Waals surface area contributed by atoms with Gasteiger partial charge in [-0.1, -0.05) is 12.1 Å². The van der Waals surface area contributed by atoms with Gasteiger partial charge in [-0.2, -0.15) is 0 Å². The topological polar surface area (TPSA) is 103 Å². The van der Waals surface area contributed by atoms with Crippen molar-refractivity contribution in [2.75, 3.05) is 6.54 Å². The van der Waals surface area contributed by atoms with E-state index in [9.17, 15) is 8.42 Å². The molecule has 2 rings (SSSR count). The molecule has 0 saturated heterocycles. The van der Waals surface area contributed by atoms with Gasteiger partial charge < -0.3 is 10.3 Å². The van der Waals surface area contributed by atoms with E-state index in [1.54, 1.807) is 35.2 Å². The fourth-order valence-corrected chi connectivity index (χ4v) is 2.90. The number of nitrogens with one attached hydrogen (secondary N) is 1. The van der Waals surface area contributed by atoms with Gasteiger partial charge in [-0.25, -0.2) is 13.1 Å². The van der Waals surface area contributed by atoms with Gasteiger partial charge in [0.2, 0.25) is 10.0 Å². The first kappa shape index (κ1) is 15.6. The zero-order chi connectivity index (χ0) is 15.5. The molecule has 0 bridgehead atoms. The van der Waals surface area contributed by atoms with Gasteiger partial charge in [-0.05, 0) is 24.6 Å². The minimum absolute atomic E-state index is 0.120. The van der Waals surface area contributed by atoms with E-state index in [1.807, 2.05) is 14.0 Å². The van der Waals surface area contributed by atoms with Crippen LogP contribution in [0, 0.1) is 0 Å². The maximum Gasteiger partial charge on any atom is 0.240 e. The van der Waals surface area contributed by atoms with Crippen LogP contribution in [-0.2, 0) is 23.5 Å². The standard InChI is InChI=1S/C13H19N5O2S/c1-10(14)11-3-5-12(6-4-11)21(19,20)16-8-7-13-17-15-9-18(13)2/h3-6,9-10,16H,7-8,14H2,1-2H3. The summed E-state index contributed by atoms with van der Waals surface area (Å²) in [4.78, 5) is 0.227. The van der Waals surface area contributed by atoms with E-state index in [1.165, 1.54) is 0 Å². The van der Waals surface area contributed by atoms with Crippen LogP contribution in [0.25, 0.3) is 0 Å². The maximum atomic E-state index is 12.1. The summed E-state index contributed by atoms with van der Waals surface area (Å²) in [7, 11) is -1.70. The molecule has 3 N–H and O–H groups in total. The van der Waals surface area contributed by atoms with Crippen LogP contribution in [0.15, 0.2) is 35.5 Å². The highest BCUT2D eigenvalue weighted by atomic mass is 32.2. The molecule has 0 saturated carbocycles. The summed E-state index contributed by atoms with van der Waals surface area (Å²) in [5.41, 5.74) is 6.64. The molecule has 0 aliphatic carbocycles. The van der Waals surface area contributed by atoms with Gasteiger partial charge in [-0.15, -0.1) is 10.2 Å². The zero-order valence-electron chi connectivity index (χ0n) is 12.0. The molecule has 114 valence electrons. The van der Waals surface area contributed by atoms with Crippen molar-refractivity contribution in [2.24, 2.45) is 12.8 Å². The van der Waals surface area contributed by atoms with E-state index in [0.29, 0.717) is 6.42 Å². The first-order chi connectivity index (χ1) is 9.90. The molecule has 0 spiro atoms. The third-order valence-electron chi connectivity index (χ3n) is 3.16. The first-order valence-electron chi connectivity index (χ1n) is 6.58. The second-order valence-corrected chi connectivity index (χ2v) is 6.63. The van der Waals surface area contributed by atoms with Crippen LogP contribution < -0.4 is 10.5 Å². The molecular formula is C13H19N5O2S. The van der Waals surface area contributed by atoms with E-state index >= 15 is 0 Å². The lowest BCUT2D eigenvalue weighted by Crippen LogP contribution is -2.26. The number of benzene rings is 1. The van der Waals surface area contributed by atoms with Gasteiger partial charge in [0.15, 0.2) is 0 Å². The molecule has 0 fully saturated rings.